The van der Waals surface area contributed by atoms with Gasteiger partial charge in [-0.25, -0.2) is 9.37 Å². The van der Waals surface area contributed by atoms with Gasteiger partial charge < -0.3 is 15.7 Å². The Bertz CT molecular complexity index is 1090. The van der Waals surface area contributed by atoms with E-state index in [0.29, 0.717) is 17.9 Å². The van der Waals surface area contributed by atoms with Crippen LogP contribution in [0.1, 0.15) is 28.8 Å². The molecular formula is C22H24FN5O2. The van der Waals surface area contributed by atoms with Gasteiger partial charge in [-0.05, 0) is 55.2 Å². The summed E-state index contributed by atoms with van der Waals surface area (Å²) in [5.74, 6) is -0.332. The van der Waals surface area contributed by atoms with Gasteiger partial charge in [-0.2, -0.15) is 5.10 Å². The van der Waals surface area contributed by atoms with E-state index in [0.717, 1.165) is 35.2 Å². The molecule has 1 amide bonds. The molecule has 4 rings (SSSR count). The summed E-state index contributed by atoms with van der Waals surface area (Å²) in [6.45, 7) is 2.13. The van der Waals surface area contributed by atoms with Crippen LogP contribution < -0.4 is 10.6 Å². The van der Waals surface area contributed by atoms with Crippen LogP contribution in [0.3, 0.4) is 0 Å². The lowest BCUT2D eigenvalue weighted by atomic mass is 9.97. The predicted octanol–water partition coefficient (Wildman–Crippen LogP) is 2.89. The van der Waals surface area contributed by atoms with Gasteiger partial charge in [0, 0.05) is 43.2 Å². The van der Waals surface area contributed by atoms with Gasteiger partial charge in [0.25, 0.3) is 5.91 Å². The van der Waals surface area contributed by atoms with Gasteiger partial charge in [-0.3, -0.25) is 9.48 Å². The number of aromatic nitrogens is 3. The fourth-order valence-corrected chi connectivity index (χ4v) is 3.33. The quantitative estimate of drug-likeness (QED) is 0.558. The normalized spacial score (nSPS) is 13.3. The number of anilines is 1. The molecule has 1 aromatic carbocycles. The number of nitrogens with zero attached hydrogens (tertiary/aromatic N) is 3. The fourth-order valence-electron chi connectivity index (χ4n) is 3.33. The number of hydrogen-bond donors (Lipinski definition) is 3. The molecule has 8 heteroatoms. The van der Waals surface area contributed by atoms with E-state index < -0.39 is 11.7 Å². The average Bonchev–Trinajstić information content (AvgIpc) is 3.43. The second-order valence-corrected chi connectivity index (χ2v) is 7.54. The number of aliphatic hydroxyl groups excluding tert-OH is 1. The van der Waals surface area contributed by atoms with Gasteiger partial charge in [0.1, 0.15) is 11.6 Å². The smallest absolute Gasteiger partial charge is 0.254 e. The standard InChI is InChI=1S/C22H24FN5O2/c1-13-9-19(23)17(22(30)26-15-3-4-15)11-16(13)14-10-18(20-5-7-28(2)27-20)21(25-12-14)24-6-8-29/h5,7,9-12,15,29H,3-4,6,8H2,1-2H3,(H,24,25)(H,26,30). The molecule has 0 aliphatic heterocycles. The third-order valence-corrected chi connectivity index (χ3v) is 5.06. The summed E-state index contributed by atoms with van der Waals surface area (Å²) in [7, 11) is 1.83. The summed E-state index contributed by atoms with van der Waals surface area (Å²) in [6.07, 6.45) is 5.38. The highest BCUT2D eigenvalue weighted by atomic mass is 19.1. The highest BCUT2D eigenvalue weighted by molar-refractivity contribution is 5.96. The molecule has 0 spiro atoms. The third kappa shape index (κ3) is 4.18. The predicted molar refractivity (Wildman–Crippen MR) is 113 cm³/mol. The van der Waals surface area contributed by atoms with Crippen LogP contribution in [0.2, 0.25) is 0 Å². The summed E-state index contributed by atoms with van der Waals surface area (Å²) < 4.78 is 16.2. The molecule has 1 aliphatic carbocycles. The molecule has 0 unspecified atom stereocenters. The summed E-state index contributed by atoms with van der Waals surface area (Å²) >= 11 is 0. The first-order chi connectivity index (χ1) is 14.5. The van der Waals surface area contributed by atoms with Gasteiger partial charge >= 0.3 is 0 Å². The van der Waals surface area contributed by atoms with Crippen LogP contribution in [-0.2, 0) is 7.05 Å². The van der Waals surface area contributed by atoms with Crippen molar-refractivity contribution in [1.29, 1.82) is 0 Å². The van der Waals surface area contributed by atoms with E-state index in [4.69, 9.17) is 5.11 Å². The Kier molecular flexibility index (Phi) is 5.50. The largest absolute Gasteiger partial charge is 0.395 e. The van der Waals surface area contributed by atoms with Crippen molar-refractivity contribution >= 4 is 11.7 Å². The van der Waals surface area contributed by atoms with Crippen molar-refractivity contribution in [3.05, 3.63) is 53.6 Å². The molecule has 3 N–H and O–H groups in total. The van der Waals surface area contributed by atoms with Crippen molar-refractivity contribution < 1.29 is 14.3 Å². The maximum absolute atomic E-state index is 14.5. The number of nitrogens with one attached hydrogen (secondary N) is 2. The van der Waals surface area contributed by atoms with E-state index >= 15 is 0 Å². The third-order valence-electron chi connectivity index (χ3n) is 5.06. The monoisotopic (exact) mass is 409 g/mol. The van der Waals surface area contributed by atoms with E-state index in [2.05, 4.69) is 20.7 Å². The first-order valence-electron chi connectivity index (χ1n) is 9.92. The SMILES string of the molecule is Cc1cc(F)c(C(=O)NC2CC2)cc1-c1cnc(NCCO)c(-c2ccn(C)n2)c1. The lowest BCUT2D eigenvalue weighted by Gasteiger charge is -2.14. The van der Waals surface area contributed by atoms with Crippen molar-refractivity contribution in [3.8, 4) is 22.4 Å². The highest BCUT2D eigenvalue weighted by Crippen LogP contribution is 2.33. The van der Waals surface area contributed by atoms with Crippen molar-refractivity contribution in [2.45, 2.75) is 25.8 Å². The topological polar surface area (TPSA) is 92.1 Å². The number of aryl methyl sites for hydroxylation is 2. The molecular weight excluding hydrogens is 385 g/mol. The van der Waals surface area contributed by atoms with Crippen LogP contribution in [0.5, 0.6) is 0 Å². The minimum atomic E-state index is -0.534. The zero-order chi connectivity index (χ0) is 21.3. The number of benzene rings is 1. The van der Waals surface area contributed by atoms with Crippen LogP contribution in [0.25, 0.3) is 22.4 Å². The molecule has 3 aromatic rings. The molecule has 0 radical (unpaired) electrons. The number of pyridine rings is 1. The van der Waals surface area contributed by atoms with Crippen molar-refractivity contribution in [2.75, 3.05) is 18.5 Å². The molecule has 0 atom stereocenters. The summed E-state index contributed by atoms with van der Waals surface area (Å²) in [5.41, 5.74) is 3.71. The molecule has 30 heavy (non-hydrogen) atoms. The summed E-state index contributed by atoms with van der Waals surface area (Å²) in [6, 6.07) is 6.91. The molecule has 1 saturated carbocycles. The molecule has 1 fully saturated rings. The average molecular weight is 409 g/mol. The number of carbonyl (C=O) groups excluding carboxylic acids is 1. The Hall–Kier alpha value is -3.26. The Balaban J connectivity index is 1.77. The fraction of sp³-hybridized carbons (Fsp3) is 0.318. The molecule has 0 saturated heterocycles. The minimum absolute atomic E-state index is 0.0262. The first kappa shape index (κ1) is 20.0. The zero-order valence-electron chi connectivity index (χ0n) is 16.9. The van der Waals surface area contributed by atoms with E-state index in [9.17, 15) is 9.18 Å². The molecule has 2 heterocycles. The Morgan fingerprint density at radius 2 is 2.10 bits per heavy atom. The van der Waals surface area contributed by atoms with E-state index in [1.54, 1.807) is 23.9 Å². The number of rotatable bonds is 7. The lowest BCUT2D eigenvalue weighted by molar-refractivity contribution is 0.0947. The number of amides is 1. The lowest BCUT2D eigenvalue weighted by Crippen LogP contribution is -2.26. The van der Waals surface area contributed by atoms with Crippen LogP contribution >= 0.6 is 0 Å². The van der Waals surface area contributed by atoms with Crippen molar-refractivity contribution in [3.63, 3.8) is 0 Å². The van der Waals surface area contributed by atoms with E-state index in [1.807, 2.05) is 25.4 Å². The molecule has 7 nitrogen and oxygen atoms in total. The van der Waals surface area contributed by atoms with Crippen molar-refractivity contribution in [2.24, 2.45) is 7.05 Å². The van der Waals surface area contributed by atoms with Gasteiger partial charge in [-0.15, -0.1) is 0 Å². The Labute approximate surface area is 174 Å². The maximum atomic E-state index is 14.5. The maximum Gasteiger partial charge on any atom is 0.254 e. The number of halogens is 1. The van der Waals surface area contributed by atoms with Crippen LogP contribution in [0.4, 0.5) is 10.2 Å². The second kappa shape index (κ2) is 8.23. The Morgan fingerprint density at radius 3 is 2.77 bits per heavy atom. The van der Waals surface area contributed by atoms with E-state index in [1.165, 1.54) is 6.07 Å². The minimum Gasteiger partial charge on any atom is -0.395 e. The second-order valence-electron chi connectivity index (χ2n) is 7.54. The highest BCUT2D eigenvalue weighted by Gasteiger charge is 2.25. The van der Waals surface area contributed by atoms with Gasteiger partial charge in [0.2, 0.25) is 0 Å². The van der Waals surface area contributed by atoms with Gasteiger partial charge in [0.15, 0.2) is 0 Å². The van der Waals surface area contributed by atoms with Gasteiger partial charge in [-0.1, -0.05) is 0 Å². The number of aliphatic hydroxyl groups is 1. The van der Waals surface area contributed by atoms with Crippen molar-refractivity contribution in [1.82, 2.24) is 20.1 Å². The molecule has 156 valence electrons. The molecule has 2 aromatic heterocycles. The number of hydrogen-bond acceptors (Lipinski definition) is 5. The Morgan fingerprint density at radius 1 is 1.30 bits per heavy atom. The van der Waals surface area contributed by atoms with Crippen LogP contribution in [0, 0.1) is 12.7 Å². The van der Waals surface area contributed by atoms with Crippen LogP contribution in [-0.4, -0.2) is 45.0 Å². The van der Waals surface area contributed by atoms with Gasteiger partial charge in [0.05, 0.1) is 17.9 Å². The zero-order valence-corrected chi connectivity index (χ0v) is 16.9. The van der Waals surface area contributed by atoms with Crippen LogP contribution in [0.15, 0.2) is 36.7 Å². The summed E-state index contributed by atoms with van der Waals surface area (Å²) in [5, 5.41) is 19.5. The van der Waals surface area contributed by atoms with E-state index in [-0.39, 0.29) is 18.2 Å². The number of carbonyl (C=O) groups is 1. The molecule has 0 bridgehead atoms. The molecule has 1 aliphatic rings. The first-order valence-corrected chi connectivity index (χ1v) is 9.92. The summed E-state index contributed by atoms with van der Waals surface area (Å²) in [4.78, 5) is 17.0.